The molecule has 1 aromatic carbocycles. The average Bonchev–Trinajstić information content (AvgIpc) is 3.53. The summed E-state index contributed by atoms with van der Waals surface area (Å²) in [5.41, 5.74) is -1.79. The lowest BCUT2D eigenvalue weighted by Crippen LogP contribution is -2.44. The van der Waals surface area contributed by atoms with Crippen LogP contribution in [0.2, 0.25) is 0 Å². The van der Waals surface area contributed by atoms with E-state index < -0.39 is 35.6 Å². The molecule has 1 atom stereocenters. The fourth-order valence-electron chi connectivity index (χ4n) is 4.06. The monoisotopic (exact) mass is 581 g/mol. The lowest BCUT2D eigenvalue weighted by atomic mass is 10.1. The molecule has 2 aromatic rings. The normalized spacial score (nSPS) is 16.3. The molecule has 1 aromatic heterocycles. The smallest absolute Gasteiger partial charge is 0.437 e. The van der Waals surface area contributed by atoms with Crippen LogP contribution in [-0.2, 0) is 10.9 Å². The van der Waals surface area contributed by atoms with Crippen LogP contribution in [0.25, 0.3) is 11.4 Å². The molecule has 0 saturated carbocycles. The number of allylic oxidation sites excluding steroid dienone is 1. The molecule has 0 aliphatic carbocycles. The predicted molar refractivity (Wildman–Crippen MR) is 142 cm³/mol. The van der Waals surface area contributed by atoms with E-state index in [9.17, 15) is 27.9 Å². The Labute approximate surface area is 235 Å². The average molecular weight is 582 g/mol. The number of hydrogen-bond donors (Lipinski definition) is 2. The van der Waals surface area contributed by atoms with E-state index in [1.807, 2.05) is 13.0 Å². The minimum Gasteiger partial charge on any atom is -0.489 e. The van der Waals surface area contributed by atoms with Gasteiger partial charge in [-0.3, -0.25) is 5.32 Å². The molecule has 0 radical (unpaired) electrons. The topological polar surface area (TPSA) is 139 Å². The maximum absolute atomic E-state index is 13.8. The number of likely N-dealkylation sites (tertiary alicyclic amines) is 1. The zero-order valence-electron chi connectivity index (χ0n) is 23.3. The van der Waals surface area contributed by atoms with Crippen molar-refractivity contribution in [3.8, 4) is 17.1 Å². The van der Waals surface area contributed by atoms with Crippen molar-refractivity contribution in [3.63, 3.8) is 0 Å². The predicted octanol–water partition coefficient (Wildman–Crippen LogP) is 6.58. The second kappa shape index (κ2) is 13.5. The second-order valence-corrected chi connectivity index (χ2v) is 10.3. The SMILES string of the molecule is CCCC/C=C/COc1ccc(-c2noc([C@@H]3CCCN3C(=NC(=O)OC(C)(C)C)NC(=O)O)n2)cc1C(F)(F)F. The molecule has 0 bridgehead atoms. The van der Waals surface area contributed by atoms with Crippen LogP contribution in [0, 0.1) is 0 Å². The molecule has 14 heteroatoms. The van der Waals surface area contributed by atoms with E-state index in [1.54, 1.807) is 26.8 Å². The molecule has 2 amide bonds. The Morgan fingerprint density at radius 1 is 1.27 bits per heavy atom. The molecule has 0 unspecified atom stereocenters. The van der Waals surface area contributed by atoms with Crippen molar-refractivity contribution in [1.29, 1.82) is 0 Å². The van der Waals surface area contributed by atoms with Crippen LogP contribution in [-0.4, -0.2) is 57.0 Å². The fraction of sp³-hybridized carbons (Fsp3) is 0.519. The number of nitrogens with one attached hydrogen (secondary N) is 1. The molecule has 11 nitrogen and oxygen atoms in total. The van der Waals surface area contributed by atoms with Crippen molar-refractivity contribution in [3.05, 3.63) is 41.8 Å². The van der Waals surface area contributed by atoms with Gasteiger partial charge in [-0.05, 0) is 58.2 Å². The first kappa shape index (κ1) is 31.4. The maximum atomic E-state index is 13.8. The van der Waals surface area contributed by atoms with Crippen molar-refractivity contribution < 1.29 is 41.9 Å². The minimum atomic E-state index is -4.69. The van der Waals surface area contributed by atoms with Crippen LogP contribution in [0.5, 0.6) is 5.75 Å². The first-order valence-electron chi connectivity index (χ1n) is 13.2. The summed E-state index contributed by atoms with van der Waals surface area (Å²) in [5, 5.41) is 15.2. The van der Waals surface area contributed by atoms with Crippen molar-refractivity contribution >= 4 is 18.1 Å². The highest BCUT2D eigenvalue weighted by Gasteiger charge is 2.37. The highest BCUT2D eigenvalue weighted by atomic mass is 19.4. The summed E-state index contributed by atoms with van der Waals surface area (Å²) in [7, 11) is 0. The van der Waals surface area contributed by atoms with Crippen LogP contribution in [0.4, 0.5) is 22.8 Å². The van der Waals surface area contributed by atoms with Crippen LogP contribution in [0.15, 0.2) is 39.9 Å². The van der Waals surface area contributed by atoms with Gasteiger partial charge in [-0.2, -0.15) is 18.2 Å². The molecular formula is C27H34F3N5O6. The summed E-state index contributed by atoms with van der Waals surface area (Å²) in [4.78, 5) is 33.2. The number of nitrogens with zero attached hydrogens (tertiary/aromatic N) is 4. The summed E-state index contributed by atoms with van der Waals surface area (Å²) in [5.74, 6) is -0.693. The van der Waals surface area contributed by atoms with Gasteiger partial charge in [-0.1, -0.05) is 37.1 Å². The van der Waals surface area contributed by atoms with Gasteiger partial charge in [0.2, 0.25) is 17.7 Å². The molecular weight excluding hydrogens is 547 g/mol. The number of guanidine groups is 1. The Morgan fingerprint density at radius 2 is 2.02 bits per heavy atom. The summed E-state index contributed by atoms with van der Waals surface area (Å²) in [6.07, 6.45) is 0.220. The molecule has 0 spiro atoms. The largest absolute Gasteiger partial charge is 0.489 e. The lowest BCUT2D eigenvalue weighted by Gasteiger charge is -2.25. The second-order valence-electron chi connectivity index (χ2n) is 10.3. The molecule has 3 rings (SSSR count). The summed E-state index contributed by atoms with van der Waals surface area (Å²) >= 11 is 0. The number of aromatic nitrogens is 2. The first-order valence-corrected chi connectivity index (χ1v) is 13.2. The Bertz CT molecular complexity index is 1270. The van der Waals surface area contributed by atoms with Gasteiger partial charge in [-0.15, -0.1) is 4.99 Å². The maximum Gasteiger partial charge on any atom is 0.437 e. The highest BCUT2D eigenvalue weighted by molar-refractivity contribution is 5.98. The van der Waals surface area contributed by atoms with E-state index in [0.717, 1.165) is 25.3 Å². The van der Waals surface area contributed by atoms with Gasteiger partial charge >= 0.3 is 18.4 Å². The summed E-state index contributed by atoms with van der Waals surface area (Å²) < 4.78 is 57.4. The van der Waals surface area contributed by atoms with E-state index in [4.69, 9.17) is 14.0 Å². The molecule has 41 heavy (non-hydrogen) atoms. The first-order chi connectivity index (χ1) is 19.3. The third-order valence-corrected chi connectivity index (χ3v) is 5.83. The number of carboxylic acid groups (broad SMARTS) is 1. The van der Waals surface area contributed by atoms with Crippen molar-refractivity contribution in [1.82, 2.24) is 20.4 Å². The third kappa shape index (κ3) is 9.22. The van der Waals surface area contributed by atoms with E-state index in [-0.39, 0.29) is 35.6 Å². The number of benzene rings is 1. The zero-order chi connectivity index (χ0) is 30.2. The summed E-state index contributed by atoms with van der Waals surface area (Å²) in [6, 6.07) is 2.80. The minimum absolute atomic E-state index is 0.00637. The van der Waals surface area contributed by atoms with Crippen LogP contribution >= 0.6 is 0 Å². The molecule has 1 aliphatic rings. The number of hydrogen-bond acceptors (Lipinski definition) is 7. The van der Waals surface area contributed by atoms with Crippen LogP contribution in [0.1, 0.15) is 77.3 Å². The van der Waals surface area contributed by atoms with E-state index in [0.29, 0.717) is 19.4 Å². The molecule has 224 valence electrons. The molecule has 2 N–H and O–H groups in total. The number of carbonyl (C=O) groups excluding carboxylic acids is 1. The fourth-order valence-corrected chi connectivity index (χ4v) is 4.06. The van der Waals surface area contributed by atoms with Gasteiger partial charge in [0.25, 0.3) is 0 Å². The number of unbranched alkanes of at least 4 members (excludes halogenated alkanes) is 2. The number of amides is 2. The molecule has 2 heterocycles. The van der Waals surface area contributed by atoms with Gasteiger partial charge in [0.05, 0.1) is 5.56 Å². The number of carbonyl (C=O) groups is 2. The van der Waals surface area contributed by atoms with Crippen molar-refractivity contribution in [2.45, 2.75) is 77.6 Å². The Hall–Kier alpha value is -4.10. The van der Waals surface area contributed by atoms with E-state index >= 15 is 0 Å². The number of rotatable bonds is 8. The Balaban J connectivity index is 1.84. The van der Waals surface area contributed by atoms with Gasteiger partial charge in [0.15, 0.2) is 0 Å². The van der Waals surface area contributed by atoms with Crippen LogP contribution < -0.4 is 10.1 Å². The molecule has 1 aliphatic heterocycles. The lowest BCUT2D eigenvalue weighted by molar-refractivity contribution is -0.138. The number of aliphatic imine (C=N–C) groups is 1. The van der Waals surface area contributed by atoms with Crippen molar-refractivity contribution in [2.24, 2.45) is 4.99 Å². The third-order valence-electron chi connectivity index (χ3n) is 5.83. The van der Waals surface area contributed by atoms with Gasteiger partial charge in [-0.25, -0.2) is 9.59 Å². The van der Waals surface area contributed by atoms with Gasteiger partial charge in [0.1, 0.15) is 24.0 Å². The van der Waals surface area contributed by atoms with Crippen LogP contribution in [0.3, 0.4) is 0 Å². The Kier molecular flexibility index (Phi) is 10.4. The number of halogens is 3. The number of alkyl halides is 3. The van der Waals surface area contributed by atoms with E-state index in [2.05, 4.69) is 20.4 Å². The standard InChI is InChI=1S/C27H34F3N5O6/c1-5-6-7-8-9-15-39-20-13-12-17(16-18(20)27(28,29)30)21-31-22(41-34-21)19-11-10-14-35(19)23(32-24(36)37)33-25(38)40-26(2,3)4/h8-9,12-13,16,19H,5-7,10-11,14-15H2,1-4H3,(H,36,37)(H,32,33,38)/b9-8+/t19-/m0/s1. The zero-order valence-corrected chi connectivity index (χ0v) is 23.3. The highest BCUT2D eigenvalue weighted by Crippen LogP contribution is 2.39. The molecule has 1 fully saturated rings. The number of ether oxygens (including phenoxy) is 2. The molecule has 1 saturated heterocycles. The van der Waals surface area contributed by atoms with Crippen molar-refractivity contribution in [2.75, 3.05) is 13.2 Å². The summed E-state index contributed by atoms with van der Waals surface area (Å²) in [6.45, 7) is 7.25. The Morgan fingerprint density at radius 3 is 2.68 bits per heavy atom. The van der Waals surface area contributed by atoms with Gasteiger partial charge in [0, 0.05) is 12.1 Å². The quantitative estimate of drug-likeness (QED) is 0.153. The van der Waals surface area contributed by atoms with E-state index in [1.165, 1.54) is 17.0 Å². The van der Waals surface area contributed by atoms with Gasteiger partial charge < -0.3 is 24.0 Å².